The molecule has 5 N–H and O–H groups in total. The molecule has 0 saturated carbocycles. The second-order valence-corrected chi connectivity index (χ2v) is 13.8. The maximum Gasteiger partial charge on any atom is 0.387 e. The summed E-state index contributed by atoms with van der Waals surface area (Å²) in [5, 5.41) is -0.531. The lowest BCUT2D eigenvalue weighted by atomic mass is 10.2. The van der Waals surface area contributed by atoms with Crippen LogP contribution in [-0.4, -0.2) is 64.1 Å². The summed E-state index contributed by atoms with van der Waals surface area (Å²) in [6.45, 7) is 11.0. The van der Waals surface area contributed by atoms with Crippen molar-refractivity contribution >= 4 is 56.8 Å². The Hall–Kier alpha value is -10.4. The van der Waals surface area contributed by atoms with E-state index in [4.69, 9.17) is 35.9 Å². The largest absolute Gasteiger partial charge is 0.460 e. The van der Waals surface area contributed by atoms with Gasteiger partial charge in [-0.15, -0.1) is 18.8 Å². The molecule has 0 saturated heterocycles. The summed E-state index contributed by atoms with van der Waals surface area (Å²) in [5.41, 5.74) is 8.56. The number of allylic oxidation sites excluding steroid dienone is 3. The van der Waals surface area contributed by atoms with Crippen molar-refractivity contribution in [2.75, 3.05) is 18.1 Å². The number of ether oxygens (including phenoxy) is 4. The van der Waals surface area contributed by atoms with E-state index in [1.54, 1.807) is 13.8 Å². The van der Waals surface area contributed by atoms with Gasteiger partial charge in [-0.05, 0) is 104 Å². The zero-order valence-corrected chi connectivity index (χ0v) is 43.6. The first-order valence-electron chi connectivity index (χ1n) is 21.5. The Labute approximate surface area is 467 Å². The quantitative estimate of drug-likeness (QED) is 0.0181. The Balaban J connectivity index is 0. The van der Waals surface area contributed by atoms with Crippen molar-refractivity contribution in [3.63, 3.8) is 0 Å². The van der Waals surface area contributed by atoms with E-state index in [-0.39, 0.29) is 57.7 Å². The molecule has 26 heteroatoms. The van der Waals surface area contributed by atoms with Crippen LogP contribution in [0.2, 0.25) is 5.15 Å². The number of benzene rings is 3. The molecule has 0 amide bonds. The number of nitrogen functional groups attached to an aromatic ring is 2. The minimum absolute atomic E-state index is 0.0108. The first-order valence-corrected chi connectivity index (χ1v) is 21.9. The minimum Gasteiger partial charge on any atom is -0.460 e. The Morgan fingerprint density at radius 3 is 1.56 bits per heavy atom. The maximum absolute atomic E-state index is 13.5. The lowest BCUT2D eigenvalue weighted by Gasteiger charge is -2.13. The summed E-state index contributed by atoms with van der Waals surface area (Å²) in [4.78, 5) is 45.5. The predicted molar refractivity (Wildman–Crippen MR) is 286 cm³/mol. The number of aromatic amines is 1. The number of nitrogens with one attached hydrogen (secondary N) is 1. The summed E-state index contributed by atoms with van der Waals surface area (Å²) in [5.74, 6) is 13.9. The number of esters is 1. The van der Waals surface area contributed by atoms with Gasteiger partial charge in [-0.3, -0.25) is 21.4 Å². The maximum atomic E-state index is 13.5. The molecular formula is C56H43ClF12N6O7-2. The van der Waals surface area contributed by atoms with Gasteiger partial charge in [0.15, 0.2) is 16.5 Å². The van der Waals surface area contributed by atoms with E-state index >= 15 is 0 Å². The second kappa shape index (κ2) is 38.2. The molecule has 82 heavy (non-hydrogen) atoms. The first kappa shape index (κ1) is 73.7. The average molecular weight is 1180 g/mol. The van der Waals surface area contributed by atoms with E-state index in [0.29, 0.717) is 17.8 Å². The van der Waals surface area contributed by atoms with Crippen molar-refractivity contribution in [2.24, 2.45) is 0 Å². The van der Waals surface area contributed by atoms with Gasteiger partial charge in [0, 0.05) is 18.2 Å². The van der Waals surface area contributed by atoms with Gasteiger partial charge in [-0.2, -0.15) is 66.5 Å². The normalized spacial score (nSPS) is 9.57. The number of aromatic nitrogens is 4. The summed E-state index contributed by atoms with van der Waals surface area (Å²) in [6, 6.07) is 10.9. The van der Waals surface area contributed by atoms with Crippen molar-refractivity contribution in [3.8, 4) is 101 Å². The third kappa shape index (κ3) is 28.3. The molecule has 3 aromatic carbocycles. The SMILES string of the molecule is C#CC#CC#CC.C#CC#CC#C[CH2-].C=CC(F)(F)C(=O)C(=O)OCC.C=CC(F)(F)c1nc2ccc(OC(F)F)cc2[nH]c1=O.C=CC(F)(F)c1nc2ccc(OC(F)F)cc2nc1Cl.Nc1ccc(OC(F)F)cc1N.[CH2-]C#CC. The lowest BCUT2D eigenvalue weighted by Crippen LogP contribution is -2.34. The molecule has 5 rings (SSSR count). The number of carbonyl (C=O) groups is 2. The molecule has 0 radical (unpaired) electrons. The van der Waals surface area contributed by atoms with Crippen molar-refractivity contribution in [1.29, 1.82) is 0 Å². The molecule has 0 fully saturated rings. The molecule has 0 spiro atoms. The Bertz CT molecular complexity index is 3420. The lowest BCUT2D eigenvalue weighted by molar-refractivity contribution is -0.162. The summed E-state index contributed by atoms with van der Waals surface area (Å²) in [7, 11) is 0. The van der Waals surface area contributed by atoms with Crippen LogP contribution in [0.5, 0.6) is 17.2 Å². The zero-order valence-electron chi connectivity index (χ0n) is 42.8. The topological polar surface area (TPSA) is 195 Å². The zero-order chi connectivity index (χ0) is 63.2. The number of hydrogen-bond donors (Lipinski definition) is 3. The number of Topliss-reactive ketones (excluding diaryl/α,β-unsaturated/α-hetero) is 1. The molecule has 0 atom stereocenters. The molecule has 0 bridgehead atoms. The minimum atomic E-state index is -3.83. The highest BCUT2D eigenvalue weighted by Crippen LogP contribution is 2.34. The third-order valence-electron chi connectivity index (χ3n) is 7.94. The highest BCUT2D eigenvalue weighted by Gasteiger charge is 2.41. The van der Waals surface area contributed by atoms with E-state index < -0.39 is 71.5 Å². The second-order valence-electron chi connectivity index (χ2n) is 13.5. The van der Waals surface area contributed by atoms with E-state index in [1.807, 2.05) is 0 Å². The van der Waals surface area contributed by atoms with Gasteiger partial charge < -0.3 is 41.3 Å². The molecule has 0 unspecified atom stereocenters. The Morgan fingerprint density at radius 2 is 1.12 bits per heavy atom. The number of fused-ring (bicyclic) bond motifs is 2. The van der Waals surface area contributed by atoms with Gasteiger partial charge in [0.25, 0.3) is 5.56 Å². The van der Waals surface area contributed by atoms with E-state index in [9.17, 15) is 67.1 Å². The van der Waals surface area contributed by atoms with E-state index in [2.05, 4.69) is 144 Å². The third-order valence-corrected chi connectivity index (χ3v) is 8.20. The van der Waals surface area contributed by atoms with Crippen LogP contribution in [0.1, 0.15) is 32.2 Å². The number of carbonyl (C=O) groups excluding carboxylic acids is 2. The summed E-state index contributed by atoms with van der Waals surface area (Å²) in [6.07, 6.45) is 10.3. The van der Waals surface area contributed by atoms with Gasteiger partial charge >= 0.3 is 49.4 Å². The average Bonchev–Trinajstić information content (AvgIpc) is 3.62. The Morgan fingerprint density at radius 1 is 0.659 bits per heavy atom. The predicted octanol–water partition coefficient (Wildman–Crippen LogP) is 11.3. The van der Waals surface area contributed by atoms with Crippen LogP contribution in [0, 0.1) is 97.7 Å². The standard InChI is InChI=1S/C12H7ClF4N2O.C12H8F4N2O2.C7H8F2N2O.C7H8F2O3.C7H4.C7H3.C4H5/c1-2-12(16,17)9-10(13)19-8-5-6(20-11(14)15)3-4-7(8)18-9;1-2-12(15,16)9-10(19)18-8-5-6(20-11(13)14)3-4-7(8)17-9;8-7(9)12-4-1-2-5(10)6(11)3-4;1-3-7(8,9)5(10)6(11)12-4-2;2*1-3-5-7-6-4-2;1-3-4-2/h2-5,11H,1H2;2-5,11H,1H2,(H,18,19);1-3,7H,10-11H2;3H,1,4H2,2H3;1H,2H3;1H,2H2;1H2,2H3/q;;;;;2*-1. The Kier molecular flexibility index (Phi) is 34.3. The van der Waals surface area contributed by atoms with Crippen molar-refractivity contribution in [1.82, 2.24) is 19.9 Å². The molecule has 0 aliphatic heterocycles. The fraction of sp³-hybridized carbons (Fsp3) is 0.179. The summed E-state index contributed by atoms with van der Waals surface area (Å²) < 4.78 is 167. The number of terminal acetylenes is 2. The molecule has 2 heterocycles. The molecule has 0 aliphatic carbocycles. The highest BCUT2D eigenvalue weighted by atomic mass is 35.5. The molecule has 0 aliphatic rings. The number of alkyl halides is 12. The number of halogens is 13. The van der Waals surface area contributed by atoms with E-state index in [0.717, 1.165) is 18.2 Å². The smallest absolute Gasteiger partial charge is 0.387 e. The number of ketones is 1. The molecular weight excluding hydrogens is 1130 g/mol. The molecule has 2 aromatic heterocycles. The molecule has 5 aromatic rings. The number of rotatable bonds is 14. The van der Waals surface area contributed by atoms with Crippen LogP contribution in [-0.2, 0) is 26.2 Å². The van der Waals surface area contributed by atoms with E-state index in [1.165, 1.54) is 43.3 Å². The number of nitrogens with two attached hydrogens (primary N) is 2. The fourth-order valence-corrected chi connectivity index (χ4v) is 4.72. The van der Waals surface area contributed by atoms with Gasteiger partial charge in [0.2, 0.25) is 0 Å². The molecule has 13 nitrogen and oxygen atoms in total. The van der Waals surface area contributed by atoms with Crippen molar-refractivity contribution in [3.05, 3.63) is 133 Å². The van der Waals surface area contributed by atoms with Crippen LogP contribution in [0.15, 0.2) is 97.4 Å². The number of nitrogens with zero attached hydrogens (tertiary/aromatic N) is 3. The first-order chi connectivity index (χ1) is 38.4. The number of hydrogen-bond acceptors (Lipinski definition) is 12. The highest BCUT2D eigenvalue weighted by molar-refractivity contribution is 6.36. The van der Waals surface area contributed by atoms with Gasteiger partial charge in [0.05, 0.1) is 40.0 Å². The van der Waals surface area contributed by atoms with Gasteiger partial charge in [-0.1, -0.05) is 44.2 Å². The van der Waals surface area contributed by atoms with Crippen LogP contribution in [0.3, 0.4) is 0 Å². The summed E-state index contributed by atoms with van der Waals surface area (Å²) >= 11 is 5.63. The van der Waals surface area contributed by atoms with Crippen LogP contribution in [0.4, 0.5) is 64.1 Å². The fourth-order valence-electron chi connectivity index (χ4n) is 4.46. The van der Waals surface area contributed by atoms with Crippen LogP contribution >= 0.6 is 11.6 Å². The van der Waals surface area contributed by atoms with Crippen molar-refractivity contribution in [2.45, 2.75) is 58.4 Å². The molecule has 432 valence electrons. The van der Waals surface area contributed by atoms with Gasteiger partial charge in [0.1, 0.15) is 17.2 Å². The van der Waals surface area contributed by atoms with Gasteiger partial charge in [-0.25, -0.2) is 25.7 Å². The van der Waals surface area contributed by atoms with Crippen LogP contribution < -0.4 is 31.2 Å². The number of anilines is 2. The van der Waals surface area contributed by atoms with Crippen LogP contribution in [0.25, 0.3) is 22.1 Å². The number of H-pyrrole nitrogens is 1. The monoisotopic (exact) mass is 1170 g/mol. The van der Waals surface area contributed by atoms with Crippen molar-refractivity contribution < 1.29 is 81.2 Å².